The number of benzene rings is 4. The van der Waals surface area contributed by atoms with E-state index >= 15 is 0 Å². The number of nitro groups is 1. The van der Waals surface area contributed by atoms with Gasteiger partial charge < -0.3 is 15.1 Å². The van der Waals surface area contributed by atoms with E-state index in [1.54, 1.807) is 11.8 Å². The van der Waals surface area contributed by atoms with E-state index in [1.165, 1.54) is 48.0 Å². The van der Waals surface area contributed by atoms with Crippen molar-refractivity contribution < 1.29 is 13.3 Å². The van der Waals surface area contributed by atoms with Gasteiger partial charge in [-0.2, -0.15) is 0 Å². The van der Waals surface area contributed by atoms with Gasteiger partial charge in [-0.3, -0.25) is 19.7 Å². The minimum absolute atomic E-state index is 0.105. The summed E-state index contributed by atoms with van der Waals surface area (Å²) in [6.07, 6.45) is 6.75. The molecule has 5 aromatic rings. The predicted molar refractivity (Wildman–Crippen MR) is 246 cm³/mol. The van der Waals surface area contributed by atoms with Crippen LogP contribution in [0.5, 0.6) is 0 Å². The number of nitrogens with zero attached hydrogens (tertiary/aromatic N) is 6. The van der Waals surface area contributed by atoms with Gasteiger partial charge in [0.05, 0.1) is 15.3 Å². The average Bonchev–Trinajstić information content (AvgIpc) is 3.26. The molecule has 2 aliphatic rings. The highest BCUT2D eigenvalue weighted by Gasteiger charge is 2.26. The molecule has 1 saturated heterocycles. The van der Waals surface area contributed by atoms with Crippen LogP contribution in [0.1, 0.15) is 51.5 Å². The van der Waals surface area contributed by atoms with Crippen molar-refractivity contribution in [1.82, 2.24) is 19.8 Å². The van der Waals surface area contributed by atoms with Gasteiger partial charge in [-0.15, -0.1) is 11.8 Å². The third-order valence-electron chi connectivity index (χ3n) is 11.5. The van der Waals surface area contributed by atoms with Crippen molar-refractivity contribution in [3.63, 3.8) is 0 Å². The van der Waals surface area contributed by atoms with E-state index in [9.17, 15) is 18.5 Å². The molecule has 316 valence electrons. The number of aromatic nitrogens is 2. The molecular formula is C45H53ClN8O4S2. The fraction of sp³-hybridized carbons (Fsp3) is 0.378. The monoisotopic (exact) mass is 868 g/mol. The minimum Gasteiger partial charge on any atom is -0.376 e. The molecule has 1 aliphatic heterocycles. The largest absolute Gasteiger partial charge is 0.376 e. The van der Waals surface area contributed by atoms with Gasteiger partial charge in [0.1, 0.15) is 12.0 Å². The fourth-order valence-electron chi connectivity index (χ4n) is 8.05. The molecule has 0 spiro atoms. The van der Waals surface area contributed by atoms with Gasteiger partial charge in [-0.05, 0) is 111 Å². The van der Waals surface area contributed by atoms with Crippen LogP contribution in [0.15, 0.2) is 113 Å². The van der Waals surface area contributed by atoms with Crippen LogP contribution in [0.4, 0.5) is 22.9 Å². The lowest BCUT2D eigenvalue weighted by molar-refractivity contribution is -0.384. The molecule has 15 heteroatoms. The van der Waals surface area contributed by atoms with Gasteiger partial charge in [0.15, 0.2) is 5.82 Å². The van der Waals surface area contributed by atoms with E-state index in [1.807, 2.05) is 60.7 Å². The molecule has 0 bridgehead atoms. The summed E-state index contributed by atoms with van der Waals surface area (Å²) in [4.78, 5) is 28.7. The number of hydrogen-bond acceptors (Lipinski definition) is 11. The Balaban J connectivity index is 1.02. The molecule has 60 heavy (non-hydrogen) atoms. The standard InChI is InChI=1S/C45H53ClN8O4S2/c1-3-51(4-2)23-22-36(31-59-38-11-6-5-7-12-38)49-42-21-19-39(29-44(42)54(55)56)60(57,58)50-45-41-20-18-37(28-43(41)47-32-48-45)53-26-24-52(25-27-53)30-34-10-8-9-13-40(34)33-14-16-35(46)17-15-33/h5-7,11-12,14-21,28-29,32,36,49H,3-4,8-10,13,22-27,30-31H2,1-2H3,(H,47,48,50). The second-order valence-electron chi connectivity index (χ2n) is 15.3. The van der Waals surface area contributed by atoms with Crippen LogP contribution in [-0.2, 0) is 10.0 Å². The number of allylic oxidation sites excluding steroid dienone is 1. The molecule has 12 nitrogen and oxygen atoms in total. The number of halogens is 1. The van der Waals surface area contributed by atoms with Gasteiger partial charge in [-0.1, -0.05) is 61.4 Å². The molecule has 7 rings (SSSR count). The third-order valence-corrected chi connectivity index (χ3v) is 14.3. The summed E-state index contributed by atoms with van der Waals surface area (Å²) in [6.45, 7) is 11.4. The Kier molecular flexibility index (Phi) is 14.6. The summed E-state index contributed by atoms with van der Waals surface area (Å²) in [6, 6.07) is 27.9. The maximum atomic E-state index is 13.8. The molecule has 0 radical (unpaired) electrons. The van der Waals surface area contributed by atoms with Gasteiger partial charge in [-0.25, -0.2) is 18.4 Å². The number of nitrogens with one attached hydrogen (secondary N) is 2. The van der Waals surface area contributed by atoms with E-state index < -0.39 is 14.9 Å². The van der Waals surface area contributed by atoms with Crippen LogP contribution in [0, 0.1) is 10.1 Å². The number of thioether (sulfide) groups is 1. The lowest BCUT2D eigenvalue weighted by atomic mass is 9.87. The number of anilines is 3. The Bertz CT molecular complexity index is 2390. The van der Waals surface area contributed by atoms with E-state index in [0.29, 0.717) is 16.7 Å². The van der Waals surface area contributed by atoms with Crippen molar-refractivity contribution in [2.24, 2.45) is 0 Å². The van der Waals surface area contributed by atoms with Crippen molar-refractivity contribution in [2.75, 3.05) is 73.0 Å². The van der Waals surface area contributed by atoms with Crippen molar-refractivity contribution in [3.05, 3.63) is 124 Å². The molecule has 1 unspecified atom stereocenters. The summed E-state index contributed by atoms with van der Waals surface area (Å²) in [5, 5.41) is 17.1. The summed E-state index contributed by atoms with van der Waals surface area (Å²) in [5.74, 6) is 0.779. The molecule has 2 heterocycles. The first-order valence-corrected chi connectivity index (χ1v) is 23.6. The second kappa shape index (κ2) is 20.2. The molecular weight excluding hydrogens is 816 g/mol. The highest BCUT2D eigenvalue weighted by molar-refractivity contribution is 7.99. The normalized spacial score (nSPS) is 15.7. The zero-order valence-corrected chi connectivity index (χ0v) is 36.6. The van der Waals surface area contributed by atoms with Gasteiger partial charge in [0.2, 0.25) is 0 Å². The highest BCUT2D eigenvalue weighted by atomic mass is 35.5. The van der Waals surface area contributed by atoms with Crippen LogP contribution in [-0.4, -0.2) is 97.3 Å². The quantitative estimate of drug-likeness (QED) is 0.0495. The molecule has 1 aliphatic carbocycles. The van der Waals surface area contributed by atoms with Crippen molar-refractivity contribution in [2.45, 2.75) is 61.8 Å². The molecule has 2 N–H and O–H groups in total. The summed E-state index contributed by atoms with van der Waals surface area (Å²) >= 11 is 7.85. The topological polar surface area (TPSA) is 137 Å². The summed E-state index contributed by atoms with van der Waals surface area (Å²) in [5.41, 5.74) is 5.83. The maximum Gasteiger partial charge on any atom is 0.293 e. The van der Waals surface area contributed by atoms with Crippen molar-refractivity contribution in [3.8, 4) is 0 Å². The van der Waals surface area contributed by atoms with Gasteiger partial charge >= 0.3 is 0 Å². The molecule has 0 saturated carbocycles. The summed E-state index contributed by atoms with van der Waals surface area (Å²) in [7, 11) is -4.26. The molecule has 1 fully saturated rings. The number of piperazine rings is 1. The Morgan fingerprint density at radius 3 is 2.40 bits per heavy atom. The maximum absolute atomic E-state index is 13.8. The number of nitro benzene ring substituents is 1. The highest BCUT2D eigenvalue weighted by Crippen LogP contribution is 2.35. The lowest BCUT2D eigenvalue weighted by Crippen LogP contribution is -2.47. The third kappa shape index (κ3) is 11.0. The first kappa shape index (κ1) is 43.4. The molecule has 4 aromatic carbocycles. The van der Waals surface area contributed by atoms with Crippen LogP contribution in [0.3, 0.4) is 0 Å². The SMILES string of the molecule is CCN(CC)CCC(CSc1ccccc1)Nc1ccc(S(=O)(=O)Nc2ncnc3cc(N4CCN(CC5=C(c6ccc(Cl)cc6)CCCC5)CC4)ccc23)cc1[N+](=O)[O-]. The van der Waals surface area contributed by atoms with Crippen molar-refractivity contribution in [1.29, 1.82) is 0 Å². The average molecular weight is 870 g/mol. The fourth-order valence-corrected chi connectivity index (χ4v) is 10.2. The van der Waals surface area contributed by atoms with Crippen LogP contribution >= 0.6 is 23.4 Å². The molecule has 0 amide bonds. The second-order valence-corrected chi connectivity index (χ2v) is 18.5. The van der Waals surface area contributed by atoms with Crippen LogP contribution in [0.25, 0.3) is 16.5 Å². The lowest BCUT2D eigenvalue weighted by Gasteiger charge is -2.37. The molecule has 1 atom stereocenters. The van der Waals surface area contributed by atoms with E-state index in [4.69, 9.17) is 11.6 Å². The molecule has 1 aromatic heterocycles. The number of rotatable bonds is 18. The summed E-state index contributed by atoms with van der Waals surface area (Å²) < 4.78 is 30.2. The number of fused-ring (bicyclic) bond motifs is 1. The van der Waals surface area contributed by atoms with Gasteiger partial charge in [0, 0.05) is 78.1 Å². The Hall–Kier alpha value is -4.73. The first-order valence-electron chi connectivity index (χ1n) is 20.8. The Morgan fingerprint density at radius 2 is 1.67 bits per heavy atom. The zero-order chi connectivity index (χ0) is 42.1. The smallest absolute Gasteiger partial charge is 0.293 e. The minimum atomic E-state index is -4.26. The zero-order valence-electron chi connectivity index (χ0n) is 34.2. The Morgan fingerprint density at radius 1 is 0.917 bits per heavy atom. The van der Waals surface area contributed by atoms with E-state index in [0.717, 1.165) is 93.3 Å². The van der Waals surface area contributed by atoms with Crippen LogP contribution in [0.2, 0.25) is 5.02 Å². The predicted octanol–water partition coefficient (Wildman–Crippen LogP) is 9.45. The van der Waals surface area contributed by atoms with Crippen LogP contribution < -0.4 is 14.9 Å². The van der Waals surface area contributed by atoms with E-state index in [2.05, 4.69) is 60.7 Å². The number of sulfonamides is 1. The Labute approximate surface area is 362 Å². The number of hydrogen-bond donors (Lipinski definition) is 2. The van der Waals surface area contributed by atoms with E-state index in [-0.39, 0.29) is 28.1 Å². The van der Waals surface area contributed by atoms with Gasteiger partial charge in [0.25, 0.3) is 15.7 Å². The van der Waals surface area contributed by atoms with Crippen molar-refractivity contribution >= 4 is 72.7 Å². The first-order chi connectivity index (χ1) is 29.1.